The second kappa shape index (κ2) is 7.99. The third-order valence-corrected chi connectivity index (χ3v) is 5.28. The number of hydrogen-bond acceptors (Lipinski definition) is 6. The molecule has 4 rings (SSSR count). The molecule has 0 amide bonds. The van der Waals surface area contributed by atoms with Gasteiger partial charge in [0.1, 0.15) is 5.82 Å². The smallest absolute Gasteiger partial charge is 0.378 e. The van der Waals surface area contributed by atoms with E-state index in [1.54, 1.807) is 36.6 Å². The number of carbonyl (C=O) groups excluding carboxylic acids is 2. The van der Waals surface area contributed by atoms with Crippen molar-refractivity contribution >= 4 is 17.5 Å². The van der Waals surface area contributed by atoms with Crippen LogP contribution in [-0.2, 0) is 4.74 Å². The number of rotatable bonds is 5. The highest BCUT2D eigenvalue weighted by Crippen LogP contribution is 2.23. The predicted octanol–water partition coefficient (Wildman–Crippen LogP) is 3.64. The van der Waals surface area contributed by atoms with Crippen molar-refractivity contribution in [3.05, 3.63) is 75.9 Å². The number of nitrogens with zero attached hydrogens (tertiary/aromatic N) is 5. The normalized spacial score (nSPS) is 11.2. The quantitative estimate of drug-likeness (QED) is 0.351. The highest BCUT2D eigenvalue weighted by molar-refractivity contribution is 6.00. The zero-order valence-corrected chi connectivity index (χ0v) is 18.4. The minimum atomic E-state index is -0.810. The van der Waals surface area contributed by atoms with Crippen molar-refractivity contribution < 1.29 is 18.7 Å². The van der Waals surface area contributed by atoms with Crippen LogP contribution in [0.1, 0.15) is 49.3 Å². The predicted molar refractivity (Wildman–Crippen MR) is 115 cm³/mol. The van der Waals surface area contributed by atoms with E-state index in [1.807, 2.05) is 26.8 Å². The highest BCUT2D eigenvalue weighted by atomic mass is 19.1. The van der Waals surface area contributed by atoms with Gasteiger partial charge >= 0.3 is 5.97 Å². The third-order valence-electron chi connectivity index (χ3n) is 5.28. The molecule has 3 heterocycles. The van der Waals surface area contributed by atoms with Gasteiger partial charge in [0.15, 0.2) is 6.61 Å². The first-order chi connectivity index (χ1) is 15.2. The maximum Gasteiger partial charge on any atom is 0.378 e. The molecular weight excluding hydrogens is 413 g/mol. The van der Waals surface area contributed by atoms with Gasteiger partial charge in [-0.1, -0.05) is 6.07 Å². The van der Waals surface area contributed by atoms with Crippen molar-refractivity contribution in [3.63, 3.8) is 0 Å². The van der Waals surface area contributed by atoms with Gasteiger partial charge in [0.2, 0.25) is 5.78 Å². The SMILES string of the molecule is Cc1cc(C)n2nc(C(=O)OCC(=O)c3cc(C)n(-c4ccc(C)c(F)c4)c3C)nc2n1. The van der Waals surface area contributed by atoms with Crippen molar-refractivity contribution in [2.75, 3.05) is 6.61 Å². The second-order valence-electron chi connectivity index (χ2n) is 7.74. The van der Waals surface area contributed by atoms with Gasteiger partial charge in [-0.25, -0.2) is 18.7 Å². The number of ether oxygens (including phenoxy) is 1. The Morgan fingerprint density at radius 1 is 1.00 bits per heavy atom. The van der Waals surface area contributed by atoms with Gasteiger partial charge in [-0.15, -0.1) is 5.10 Å². The molecule has 4 aromatic rings. The van der Waals surface area contributed by atoms with Crippen LogP contribution in [0.3, 0.4) is 0 Å². The van der Waals surface area contributed by atoms with Gasteiger partial charge < -0.3 is 9.30 Å². The molecule has 9 heteroatoms. The highest BCUT2D eigenvalue weighted by Gasteiger charge is 2.21. The summed E-state index contributed by atoms with van der Waals surface area (Å²) in [7, 11) is 0. The Balaban J connectivity index is 1.53. The van der Waals surface area contributed by atoms with Gasteiger partial charge in [0, 0.05) is 34.0 Å². The standard InChI is InChI=1S/C23H22FN5O3/c1-12-6-7-17(10-19(12)24)28-14(3)9-18(16(28)5)20(30)11-32-22(31)21-26-23-25-13(2)8-15(4)29(23)27-21/h6-10H,11H2,1-5H3. The van der Waals surface area contributed by atoms with Crippen molar-refractivity contribution in [2.45, 2.75) is 34.6 Å². The molecule has 0 N–H and O–H groups in total. The second-order valence-corrected chi connectivity index (χ2v) is 7.74. The summed E-state index contributed by atoms with van der Waals surface area (Å²) in [6.45, 7) is 8.46. The Morgan fingerprint density at radius 2 is 1.75 bits per heavy atom. The molecule has 0 saturated carbocycles. The molecule has 0 bridgehead atoms. The molecule has 0 spiro atoms. The van der Waals surface area contributed by atoms with E-state index in [0.717, 1.165) is 17.1 Å². The molecule has 164 valence electrons. The summed E-state index contributed by atoms with van der Waals surface area (Å²) in [4.78, 5) is 33.5. The Bertz CT molecular complexity index is 1390. The number of aryl methyl sites for hydroxylation is 4. The third kappa shape index (κ3) is 3.77. The number of fused-ring (bicyclic) bond motifs is 1. The van der Waals surface area contributed by atoms with Crippen LogP contribution in [-0.4, -0.2) is 42.5 Å². The molecule has 0 fully saturated rings. The average Bonchev–Trinajstić information content (AvgIpc) is 3.29. The van der Waals surface area contributed by atoms with E-state index in [2.05, 4.69) is 15.1 Å². The molecule has 32 heavy (non-hydrogen) atoms. The molecule has 0 aliphatic carbocycles. The van der Waals surface area contributed by atoms with Crippen molar-refractivity contribution in [1.82, 2.24) is 24.1 Å². The Morgan fingerprint density at radius 3 is 2.47 bits per heavy atom. The van der Waals surface area contributed by atoms with Gasteiger partial charge in [0.05, 0.1) is 0 Å². The van der Waals surface area contributed by atoms with E-state index < -0.39 is 12.6 Å². The van der Waals surface area contributed by atoms with E-state index in [9.17, 15) is 14.0 Å². The topological polar surface area (TPSA) is 91.4 Å². The minimum absolute atomic E-state index is 0.167. The zero-order valence-electron chi connectivity index (χ0n) is 18.4. The van der Waals surface area contributed by atoms with Crippen LogP contribution in [0.2, 0.25) is 0 Å². The number of carbonyl (C=O) groups is 2. The number of aromatic nitrogens is 5. The molecule has 0 aliphatic rings. The van der Waals surface area contributed by atoms with Gasteiger partial charge in [-0.3, -0.25) is 4.79 Å². The van der Waals surface area contributed by atoms with E-state index >= 15 is 0 Å². The molecule has 0 radical (unpaired) electrons. The first-order valence-corrected chi connectivity index (χ1v) is 10.0. The molecule has 8 nitrogen and oxygen atoms in total. The van der Waals surface area contributed by atoms with Crippen molar-refractivity contribution in [1.29, 1.82) is 0 Å². The molecule has 0 unspecified atom stereocenters. The van der Waals surface area contributed by atoms with Crippen LogP contribution in [0.5, 0.6) is 0 Å². The average molecular weight is 435 g/mol. The number of halogens is 1. The lowest BCUT2D eigenvalue weighted by Gasteiger charge is -2.11. The number of ketones is 1. The molecule has 0 saturated heterocycles. The van der Waals surface area contributed by atoms with E-state index in [0.29, 0.717) is 22.5 Å². The summed E-state index contributed by atoms with van der Waals surface area (Å²) in [5.41, 5.74) is 4.47. The summed E-state index contributed by atoms with van der Waals surface area (Å²) in [5, 5.41) is 4.11. The first-order valence-electron chi connectivity index (χ1n) is 10.0. The molecule has 1 aromatic carbocycles. The summed E-state index contributed by atoms with van der Waals surface area (Å²) in [5.74, 6) is -1.39. The first kappa shape index (κ1) is 21.4. The van der Waals surface area contributed by atoms with Gasteiger partial charge in [0.25, 0.3) is 11.6 Å². The van der Waals surface area contributed by atoms with Gasteiger partial charge in [-0.2, -0.15) is 4.98 Å². The van der Waals surface area contributed by atoms with E-state index in [1.165, 1.54) is 10.6 Å². The Labute approximate surface area is 183 Å². The summed E-state index contributed by atoms with van der Waals surface area (Å²) in [6, 6.07) is 8.42. The zero-order chi connectivity index (χ0) is 23.2. The minimum Gasteiger partial charge on any atom is -0.451 e. The summed E-state index contributed by atoms with van der Waals surface area (Å²) in [6.07, 6.45) is 0. The van der Waals surface area contributed by atoms with E-state index in [4.69, 9.17) is 4.74 Å². The molecule has 0 atom stereocenters. The van der Waals surface area contributed by atoms with Gasteiger partial charge in [-0.05, 0) is 64.4 Å². The van der Waals surface area contributed by atoms with Crippen LogP contribution in [0.15, 0.2) is 30.3 Å². The largest absolute Gasteiger partial charge is 0.451 e. The van der Waals surface area contributed by atoms with Crippen LogP contribution in [0.4, 0.5) is 4.39 Å². The number of Topliss-reactive ketones (excluding diaryl/α,β-unsaturated/α-hetero) is 1. The maximum absolute atomic E-state index is 14.0. The van der Waals surface area contributed by atoms with Crippen LogP contribution in [0, 0.1) is 40.4 Å². The lowest BCUT2D eigenvalue weighted by atomic mass is 10.1. The maximum atomic E-state index is 14.0. The molecular formula is C23H22FN5O3. The van der Waals surface area contributed by atoms with Crippen molar-refractivity contribution in [2.24, 2.45) is 0 Å². The fourth-order valence-electron chi connectivity index (χ4n) is 3.69. The fourth-order valence-corrected chi connectivity index (χ4v) is 3.69. The van der Waals surface area contributed by atoms with Crippen LogP contribution >= 0.6 is 0 Å². The fraction of sp³-hybridized carbons (Fsp3) is 0.261. The van der Waals surface area contributed by atoms with E-state index in [-0.39, 0.29) is 23.2 Å². The summed E-state index contributed by atoms with van der Waals surface area (Å²) < 4.78 is 22.4. The Hall–Kier alpha value is -3.88. The van der Waals surface area contributed by atoms with Crippen LogP contribution in [0.25, 0.3) is 11.5 Å². The Kier molecular flexibility index (Phi) is 5.33. The monoisotopic (exact) mass is 435 g/mol. The lowest BCUT2D eigenvalue weighted by Crippen LogP contribution is -2.16. The lowest BCUT2D eigenvalue weighted by molar-refractivity contribution is 0.0462. The molecule has 3 aromatic heterocycles. The number of hydrogen-bond donors (Lipinski definition) is 0. The summed E-state index contributed by atoms with van der Waals surface area (Å²) >= 11 is 0. The number of benzene rings is 1. The van der Waals surface area contributed by atoms with Crippen molar-refractivity contribution in [3.8, 4) is 5.69 Å². The molecule has 0 aliphatic heterocycles. The van der Waals surface area contributed by atoms with Crippen LogP contribution < -0.4 is 0 Å². The number of esters is 1.